The summed E-state index contributed by atoms with van der Waals surface area (Å²) >= 11 is 0. The molecule has 11 heteroatoms. The minimum Gasteiger partial charge on any atom is -0.452 e. The summed E-state index contributed by atoms with van der Waals surface area (Å²) < 4.78 is 66.8. The smallest absolute Gasteiger partial charge is 0.416 e. The number of amides is 1. The van der Waals surface area contributed by atoms with Crippen LogP contribution in [0.3, 0.4) is 0 Å². The molecule has 28 heavy (non-hydrogen) atoms. The molecule has 154 valence electrons. The summed E-state index contributed by atoms with van der Waals surface area (Å²) in [6.45, 7) is 0.152. The molecule has 1 amide bonds. The molecule has 0 aromatic heterocycles. The van der Waals surface area contributed by atoms with Crippen molar-refractivity contribution in [2.75, 3.05) is 39.0 Å². The van der Waals surface area contributed by atoms with Crippen molar-refractivity contribution in [1.29, 1.82) is 0 Å². The molecular weight excluding hydrogens is 401 g/mol. The first-order chi connectivity index (χ1) is 13.0. The first-order valence-electron chi connectivity index (χ1n) is 8.22. The summed E-state index contributed by atoms with van der Waals surface area (Å²) in [4.78, 5) is 25.1. The summed E-state index contributed by atoms with van der Waals surface area (Å²) in [7, 11) is -3.32. The summed E-state index contributed by atoms with van der Waals surface area (Å²) in [6, 6.07) is 4.41. The van der Waals surface area contributed by atoms with E-state index in [0.717, 1.165) is 30.5 Å². The predicted octanol–water partition coefficient (Wildman–Crippen LogP) is 1.37. The Morgan fingerprint density at radius 1 is 1.18 bits per heavy atom. The Kier molecular flexibility index (Phi) is 6.83. The van der Waals surface area contributed by atoms with Gasteiger partial charge < -0.3 is 9.64 Å². The molecule has 0 spiro atoms. The van der Waals surface area contributed by atoms with E-state index in [4.69, 9.17) is 4.74 Å². The lowest BCUT2D eigenvalue weighted by Crippen LogP contribution is -2.51. The number of alkyl halides is 3. The van der Waals surface area contributed by atoms with Crippen LogP contribution in [0.5, 0.6) is 0 Å². The van der Waals surface area contributed by atoms with Crippen LogP contribution in [0.25, 0.3) is 6.08 Å². The second-order valence-corrected chi connectivity index (χ2v) is 8.09. The van der Waals surface area contributed by atoms with Crippen molar-refractivity contribution in [2.45, 2.75) is 6.18 Å². The standard InChI is InChI=1S/C17H19F3N2O5S/c1-28(25,26)22-9-7-21(8-10-22)15(23)12-27-16(24)6-5-13-3-2-4-14(11-13)17(18,19)20/h2-6,11H,7-10,12H2,1H3/b6-5+. The Labute approximate surface area is 160 Å². The van der Waals surface area contributed by atoms with Gasteiger partial charge in [-0.15, -0.1) is 0 Å². The maximum Gasteiger partial charge on any atom is 0.416 e. The third kappa shape index (κ3) is 6.34. The van der Waals surface area contributed by atoms with Crippen LogP contribution in [0.1, 0.15) is 11.1 Å². The van der Waals surface area contributed by atoms with Crippen molar-refractivity contribution in [3.63, 3.8) is 0 Å². The highest BCUT2D eigenvalue weighted by atomic mass is 32.2. The second-order valence-electron chi connectivity index (χ2n) is 6.11. The number of rotatable bonds is 5. The number of hydrogen-bond acceptors (Lipinski definition) is 5. The first-order valence-corrected chi connectivity index (χ1v) is 10.1. The van der Waals surface area contributed by atoms with Gasteiger partial charge in [0, 0.05) is 32.3 Å². The topological polar surface area (TPSA) is 84.0 Å². The number of benzene rings is 1. The van der Waals surface area contributed by atoms with Crippen LogP contribution in [-0.4, -0.2) is 68.5 Å². The van der Waals surface area contributed by atoms with Crippen LogP contribution >= 0.6 is 0 Å². The molecule has 1 aromatic carbocycles. The van der Waals surface area contributed by atoms with Crippen LogP contribution in [0.2, 0.25) is 0 Å². The number of ether oxygens (including phenoxy) is 1. The lowest BCUT2D eigenvalue weighted by atomic mass is 10.1. The Morgan fingerprint density at radius 2 is 1.82 bits per heavy atom. The van der Waals surface area contributed by atoms with E-state index in [0.29, 0.717) is 0 Å². The van der Waals surface area contributed by atoms with E-state index in [1.807, 2.05) is 0 Å². The van der Waals surface area contributed by atoms with Gasteiger partial charge in [0.2, 0.25) is 10.0 Å². The minimum atomic E-state index is -4.49. The SMILES string of the molecule is CS(=O)(=O)N1CCN(C(=O)COC(=O)/C=C/c2cccc(C(F)(F)F)c2)CC1. The lowest BCUT2D eigenvalue weighted by molar-refractivity contribution is -0.148. The lowest BCUT2D eigenvalue weighted by Gasteiger charge is -2.33. The largest absolute Gasteiger partial charge is 0.452 e. The van der Waals surface area contributed by atoms with Crippen LogP contribution < -0.4 is 0 Å². The molecule has 0 unspecified atom stereocenters. The van der Waals surface area contributed by atoms with Crippen LogP contribution in [-0.2, 0) is 30.5 Å². The maximum atomic E-state index is 12.6. The second kappa shape index (κ2) is 8.74. The number of sulfonamides is 1. The van der Waals surface area contributed by atoms with Gasteiger partial charge in [0.15, 0.2) is 6.61 Å². The molecule has 1 aliphatic heterocycles. The average Bonchev–Trinajstić information content (AvgIpc) is 2.63. The van der Waals surface area contributed by atoms with Gasteiger partial charge in [-0.3, -0.25) is 4.79 Å². The van der Waals surface area contributed by atoms with Gasteiger partial charge in [-0.25, -0.2) is 13.2 Å². The number of halogens is 3. The van der Waals surface area contributed by atoms with Gasteiger partial charge in [-0.2, -0.15) is 17.5 Å². The van der Waals surface area contributed by atoms with Gasteiger partial charge >= 0.3 is 12.1 Å². The molecule has 1 aromatic rings. The zero-order valence-electron chi connectivity index (χ0n) is 15.0. The molecule has 0 aliphatic carbocycles. The molecule has 0 atom stereocenters. The minimum absolute atomic E-state index is 0.161. The van der Waals surface area contributed by atoms with E-state index in [1.165, 1.54) is 21.3 Å². The van der Waals surface area contributed by atoms with E-state index in [2.05, 4.69) is 0 Å². The van der Waals surface area contributed by atoms with Crippen molar-refractivity contribution < 1.29 is 35.9 Å². The van der Waals surface area contributed by atoms with Crippen LogP contribution in [0.4, 0.5) is 13.2 Å². The summed E-state index contributed by atoms with van der Waals surface area (Å²) in [5, 5.41) is 0. The summed E-state index contributed by atoms with van der Waals surface area (Å²) in [5.74, 6) is -1.35. The molecule has 1 heterocycles. The fourth-order valence-electron chi connectivity index (χ4n) is 2.52. The van der Waals surface area contributed by atoms with E-state index in [9.17, 15) is 31.2 Å². The zero-order valence-corrected chi connectivity index (χ0v) is 15.8. The van der Waals surface area contributed by atoms with Crippen LogP contribution in [0, 0.1) is 0 Å². The van der Waals surface area contributed by atoms with E-state index >= 15 is 0 Å². The maximum absolute atomic E-state index is 12.6. The molecule has 1 aliphatic rings. The van der Waals surface area contributed by atoms with E-state index < -0.39 is 40.2 Å². The van der Waals surface area contributed by atoms with Gasteiger partial charge in [0.25, 0.3) is 5.91 Å². The van der Waals surface area contributed by atoms with Crippen molar-refractivity contribution >= 4 is 28.0 Å². The fraction of sp³-hybridized carbons (Fsp3) is 0.412. The molecule has 0 radical (unpaired) electrons. The zero-order chi connectivity index (χ0) is 20.9. The number of nitrogens with zero attached hydrogens (tertiary/aromatic N) is 2. The number of esters is 1. The van der Waals surface area contributed by atoms with Crippen LogP contribution in [0.15, 0.2) is 30.3 Å². The quantitative estimate of drug-likeness (QED) is 0.531. The highest BCUT2D eigenvalue weighted by Crippen LogP contribution is 2.29. The summed E-state index contributed by atoms with van der Waals surface area (Å²) in [5.41, 5.74) is -0.679. The van der Waals surface area contributed by atoms with Crippen molar-refractivity contribution in [2.24, 2.45) is 0 Å². The molecule has 0 bridgehead atoms. The van der Waals surface area contributed by atoms with Gasteiger partial charge in [-0.1, -0.05) is 12.1 Å². The molecule has 1 saturated heterocycles. The Hall–Kier alpha value is -2.40. The third-order valence-electron chi connectivity index (χ3n) is 4.02. The predicted molar refractivity (Wildman–Crippen MR) is 94.4 cm³/mol. The molecule has 7 nitrogen and oxygen atoms in total. The molecule has 0 N–H and O–H groups in total. The number of piperazine rings is 1. The fourth-order valence-corrected chi connectivity index (χ4v) is 3.35. The first kappa shape index (κ1) is 21.9. The Morgan fingerprint density at radius 3 is 2.39 bits per heavy atom. The highest BCUT2D eigenvalue weighted by molar-refractivity contribution is 7.88. The van der Waals surface area contributed by atoms with Gasteiger partial charge in [0.1, 0.15) is 0 Å². The molecular formula is C17H19F3N2O5S. The monoisotopic (exact) mass is 420 g/mol. The van der Waals surface area contributed by atoms with E-state index in [1.54, 1.807) is 0 Å². The average molecular weight is 420 g/mol. The van der Waals surface area contributed by atoms with E-state index in [-0.39, 0.29) is 31.7 Å². The van der Waals surface area contributed by atoms with Crippen molar-refractivity contribution in [1.82, 2.24) is 9.21 Å². The highest BCUT2D eigenvalue weighted by Gasteiger charge is 2.30. The normalized spacial score (nSPS) is 16.4. The van der Waals surface area contributed by atoms with Crippen molar-refractivity contribution in [3.05, 3.63) is 41.5 Å². The van der Waals surface area contributed by atoms with Gasteiger partial charge in [0.05, 0.1) is 11.8 Å². The molecule has 1 fully saturated rings. The third-order valence-corrected chi connectivity index (χ3v) is 5.33. The number of carbonyl (C=O) groups is 2. The van der Waals surface area contributed by atoms with Crippen molar-refractivity contribution in [3.8, 4) is 0 Å². The van der Waals surface area contributed by atoms with Gasteiger partial charge in [-0.05, 0) is 23.8 Å². The number of carbonyl (C=O) groups excluding carboxylic acids is 2. The Balaban J connectivity index is 1.83. The molecule has 0 saturated carbocycles. The molecule has 2 rings (SSSR count). The number of hydrogen-bond donors (Lipinski definition) is 0. The Bertz CT molecular complexity index is 860. The summed E-state index contributed by atoms with van der Waals surface area (Å²) in [6.07, 6.45) is -1.31.